The molecule has 0 bridgehead atoms. The Morgan fingerprint density at radius 1 is 1.06 bits per heavy atom. The number of nitrogens with zero attached hydrogens (tertiary/aromatic N) is 3. The summed E-state index contributed by atoms with van der Waals surface area (Å²) in [7, 11) is 0. The van der Waals surface area contributed by atoms with E-state index in [2.05, 4.69) is 49.6 Å². The van der Waals surface area contributed by atoms with Gasteiger partial charge in [0.2, 0.25) is 5.95 Å². The first-order valence-corrected chi connectivity index (χ1v) is 13.7. The Bertz CT molecular complexity index is 1190. The number of anilines is 2. The second-order valence-corrected chi connectivity index (χ2v) is 12.1. The number of aryl methyl sites for hydroxylation is 1. The van der Waals surface area contributed by atoms with Crippen molar-refractivity contribution in [2.24, 2.45) is 17.3 Å². The lowest BCUT2D eigenvalue weighted by Crippen LogP contribution is -2.43. The molecule has 0 aliphatic heterocycles. The van der Waals surface area contributed by atoms with Crippen LogP contribution in [0.2, 0.25) is 0 Å². The number of para-hydroxylation sites is 1. The Hall–Kier alpha value is -2.25. The number of benzene rings is 1. The summed E-state index contributed by atoms with van der Waals surface area (Å²) in [5, 5.41) is 19.0. The number of hydrogen-bond acceptors (Lipinski definition) is 7. The summed E-state index contributed by atoms with van der Waals surface area (Å²) in [6.07, 6.45) is 8.43. The monoisotopic (exact) mass is 477 g/mol. The molecule has 6 rings (SSSR count). The van der Waals surface area contributed by atoms with Gasteiger partial charge in [0.15, 0.2) is 0 Å². The molecule has 4 atom stereocenters. The molecule has 7 heteroatoms. The second-order valence-electron chi connectivity index (χ2n) is 11.1. The average Bonchev–Trinajstić information content (AvgIpc) is 3.11. The topological polar surface area (TPSA) is 83.0 Å². The molecule has 6 nitrogen and oxygen atoms in total. The first-order valence-electron chi connectivity index (χ1n) is 12.8. The number of fused-ring (bicyclic) bond motifs is 2. The van der Waals surface area contributed by atoms with E-state index in [1.807, 2.05) is 6.07 Å². The van der Waals surface area contributed by atoms with Gasteiger partial charge >= 0.3 is 0 Å². The fourth-order valence-electron chi connectivity index (χ4n) is 6.55. The predicted octanol–water partition coefficient (Wildman–Crippen LogP) is 6.02. The van der Waals surface area contributed by atoms with Gasteiger partial charge in [-0.25, -0.2) is 9.97 Å². The van der Waals surface area contributed by atoms with Crippen molar-refractivity contribution in [2.75, 3.05) is 17.2 Å². The molecule has 2 aromatic heterocycles. The molecule has 0 amide bonds. The fraction of sp³-hybridized carbons (Fsp3) is 0.593. The quantitative estimate of drug-likeness (QED) is 0.403. The van der Waals surface area contributed by atoms with Crippen molar-refractivity contribution in [3.8, 4) is 10.6 Å². The van der Waals surface area contributed by atoms with Crippen molar-refractivity contribution in [2.45, 2.75) is 77.4 Å². The van der Waals surface area contributed by atoms with Crippen molar-refractivity contribution in [3.05, 3.63) is 30.0 Å². The van der Waals surface area contributed by atoms with Gasteiger partial charge in [0.05, 0.1) is 27.6 Å². The van der Waals surface area contributed by atoms with Gasteiger partial charge in [0.25, 0.3) is 0 Å². The summed E-state index contributed by atoms with van der Waals surface area (Å²) in [6, 6.07) is 8.26. The Morgan fingerprint density at radius 3 is 2.59 bits per heavy atom. The fourth-order valence-corrected chi connectivity index (χ4v) is 7.61. The minimum Gasteiger partial charge on any atom is -0.392 e. The van der Waals surface area contributed by atoms with Crippen LogP contribution in [0, 0.1) is 24.2 Å². The largest absolute Gasteiger partial charge is 0.392 e. The molecule has 0 saturated heterocycles. The van der Waals surface area contributed by atoms with E-state index in [1.54, 1.807) is 11.3 Å². The normalized spacial score (nSPS) is 30.9. The highest BCUT2D eigenvalue weighted by Gasteiger charge is 2.73. The Balaban J connectivity index is 1.37. The summed E-state index contributed by atoms with van der Waals surface area (Å²) in [4.78, 5) is 14.9. The molecule has 180 valence electrons. The van der Waals surface area contributed by atoms with Crippen molar-refractivity contribution >= 4 is 33.3 Å². The van der Waals surface area contributed by atoms with Crippen LogP contribution in [0.1, 0.15) is 64.5 Å². The molecule has 1 aromatic carbocycles. The lowest BCUT2D eigenvalue weighted by Gasteiger charge is -2.36. The van der Waals surface area contributed by atoms with Crippen LogP contribution in [0.15, 0.2) is 24.3 Å². The molecular weight excluding hydrogens is 442 g/mol. The number of hydrogen-bond donors (Lipinski definition) is 3. The molecule has 3 saturated carbocycles. The molecule has 3 aromatic rings. The molecule has 34 heavy (non-hydrogen) atoms. The van der Waals surface area contributed by atoms with Crippen molar-refractivity contribution in [3.63, 3.8) is 0 Å². The predicted molar refractivity (Wildman–Crippen MR) is 139 cm³/mol. The van der Waals surface area contributed by atoms with E-state index in [0.717, 1.165) is 47.0 Å². The Kier molecular flexibility index (Phi) is 5.34. The maximum atomic E-state index is 10.6. The van der Waals surface area contributed by atoms with E-state index >= 15 is 0 Å². The van der Waals surface area contributed by atoms with Crippen LogP contribution in [0.25, 0.3) is 20.8 Å². The van der Waals surface area contributed by atoms with Gasteiger partial charge < -0.3 is 15.7 Å². The highest BCUT2D eigenvalue weighted by atomic mass is 32.1. The first kappa shape index (κ1) is 22.2. The zero-order valence-electron chi connectivity index (χ0n) is 20.4. The van der Waals surface area contributed by atoms with E-state index < -0.39 is 0 Å². The highest BCUT2D eigenvalue weighted by Crippen LogP contribution is 2.68. The zero-order valence-corrected chi connectivity index (χ0v) is 21.2. The van der Waals surface area contributed by atoms with Crippen LogP contribution in [0.4, 0.5) is 11.8 Å². The molecule has 3 aliphatic rings. The summed E-state index contributed by atoms with van der Waals surface area (Å²) in [5.74, 6) is 2.60. The van der Waals surface area contributed by atoms with Crippen LogP contribution in [-0.4, -0.2) is 38.2 Å². The summed E-state index contributed by atoms with van der Waals surface area (Å²) in [6.45, 7) is 7.45. The Labute approximate surface area is 205 Å². The van der Waals surface area contributed by atoms with Crippen LogP contribution in [-0.2, 0) is 0 Å². The summed E-state index contributed by atoms with van der Waals surface area (Å²) < 4.78 is 1.17. The Morgan fingerprint density at radius 2 is 1.85 bits per heavy atom. The van der Waals surface area contributed by atoms with Gasteiger partial charge in [0.1, 0.15) is 10.8 Å². The number of aliphatic hydroxyl groups is 1. The van der Waals surface area contributed by atoms with Gasteiger partial charge in [-0.15, -0.1) is 11.3 Å². The second kappa shape index (κ2) is 8.16. The molecule has 0 radical (unpaired) electrons. The van der Waals surface area contributed by atoms with Crippen molar-refractivity contribution in [1.82, 2.24) is 15.0 Å². The number of aromatic nitrogens is 3. The number of nitrogens with one attached hydrogen (secondary N) is 2. The maximum Gasteiger partial charge on any atom is 0.224 e. The molecule has 2 heterocycles. The summed E-state index contributed by atoms with van der Waals surface area (Å²) >= 11 is 1.69. The van der Waals surface area contributed by atoms with Crippen LogP contribution in [0.3, 0.4) is 0 Å². The van der Waals surface area contributed by atoms with Gasteiger partial charge in [-0.05, 0) is 63.5 Å². The smallest absolute Gasteiger partial charge is 0.224 e. The molecule has 3 N–H and O–H groups in total. The summed E-state index contributed by atoms with van der Waals surface area (Å²) in [5.41, 5.74) is 2.58. The lowest BCUT2D eigenvalue weighted by atomic mass is 9.84. The minimum atomic E-state index is -0.239. The molecule has 0 spiro atoms. The molecule has 4 unspecified atom stereocenters. The number of aliphatic hydroxyl groups excluding tert-OH is 1. The van der Waals surface area contributed by atoms with E-state index in [1.165, 1.54) is 36.8 Å². The van der Waals surface area contributed by atoms with Crippen molar-refractivity contribution < 1.29 is 5.11 Å². The van der Waals surface area contributed by atoms with E-state index in [9.17, 15) is 5.11 Å². The minimum absolute atomic E-state index is 0.119. The van der Waals surface area contributed by atoms with Crippen molar-refractivity contribution in [1.29, 1.82) is 0 Å². The van der Waals surface area contributed by atoms with Crippen LogP contribution < -0.4 is 10.6 Å². The van der Waals surface area contributed by atoms with Gasteiger partial charge in [0, 0.05) is 17.5 Å². The van der Waals surface area contributed by atoms with Crippen LogP contribution >= 0.6 is 11.3 Å². The maximum absolute atomic E-state index is 10.6. The van der Waals surface area contributed by atoms with E-state index in [-0.39, 0.29) is 17.1 Å². The van der Waals surface area contributed by atoms with Gasteiger partial charge in [-0.3, -0.25) is 0 Å². The zero-order chi connectivity index (χ0) is 23.5. The lowest BCUT2D eigenvalue weighted by molar-refractivity contribution is 0.172. The molecular formula is C27H35N5OS. The van der Waals surface area contributed by atoms with Crippen LogP contribution in [0.5, 0.6) is 0 Å². The highest BCUT2D eigenvalue weighted by molar-refractivity contribution is 7.21. The number of rotatable bonds is 6. The van der Waals surface area contributed by atoms with E-state index in [0.29, 0.717) is 17.8 Å². The molecule has 3 aliphatic carbocycles. The average molecular weight is 478 g/mol. The standard InChI is InChI=1S/C27H35N5OS/c1-16-21(24-30-19-11-7-8-12-20(19)34-24)23(32-26(2)14-13-18-22(33)27(18,26)3)31-25(29-16)28-15-17-9-5-4-6-10-17/h7-8,11-12,17-18,22,33H,4-6,9-10,13-15H2,1-3H3,(H2,28,29,31,32). The number of thiazole rings is 1. The van der Waals surface area contributed by atoms with E-state index in [4.69, 9.17) is 15.0 Å². The molecule has 3 fully saturated rings. The third kappa shape index (κ3) is 3.51. The SMILES string of the molecule is Cc1nc(NCC2CCCCC2)nc(NC2(C)CCC3C(O)C32C)c1-c1nc2ccccc2s1. The third-order valence-corrected chi connectivity index (χ3v) is 10.1. The van der Waals surface area contributed by atoms with Gasteiger partial charge in [-0.2, -0.15) is 4.98 Å². The first-order chi connectivity index (χ1) is 16.4. The third-order valence-electron chi connectivity index (χ3n) is 9.07. The van der Waals surface area contributed by atoms with Gasteiger partial charge in [-0.1, -0.05) is 38.3 Å².